The van der Waals surface area contributed by atoms with Crippen molar-refractivity contribution >= 4 is 21.7 Å². The quantitative estimate of drug-likeness (QED) is 0.839. The van der Waals surface area contributed by atoms with E-state index in [9.17, 15) is 0 Å². The number of aryl methyl sites for hydroxylation is 1. The van der Waals surface area contributed by atoms with Gasteiger partial charge in [-0.3, -0.25) is 0 Å². The van der Waals surface area contributed by atoms with Gasteiger partial charge in [-0.15, -0.1) is 0 Å². The number of nitrogens with zero attached hydrogens (tertiary/aromatic N) is 1. The average molecular weight is 296 g/mol. The Morgan fingerprint density at radius 2 is 2.41 bits per heavy atom. The highest BCUT2D eigenvalue weighted by Crippen LogP contribution is 2.17. The van der Waals surface area contributed by atoms with Crippen molar-refractivity contribution in [2.45, 2.75) is 19.8 Å². The van der Waals surface area contributed by atoms with Crippen molar-refractivity contribution in [1.82, 2.24) is 10.3 Å². The summed E-state index contributed by atoms with van der Waals surface area (Å²) in [4.78, 5) is 4.33. The van der Waals surface area contributed by atoms with E-state index >= 15 is 0 Å². The first-order valence-electron chi connectivity index (χ1n) is 6.00. The summed E-state index contributed by atoms with van der Waals surface area (Å²) in [6, 6.07) is 2.07. The Kier molecular flexibility index (Phi) is 4.57. The molecule has 4 heteroatoms. The molecule has 0 unspecified atom stereocenters. The van der Waals surface area contributed by atoms with Crippen LogP contribution < -0.4 is 10.6 Å². The molecule has 0 saturated carbocycles. The van der Waals surface area contributed by atoms with Crippen LogP contribution in [0.2, 0.25) is 0 Å². The normalized spacial score (nSPS) is 15.5. The zero-order valence-electron chi connectivity index (χ0n) is 10.1. The molecule has 1 aliphatic rings. The van der Waals surface area contributed by atoms with E-state index < -0.39 is 0 Å². The van der Waals surface area contributed by atoms with Crippen LogP contribution in [-0.2, 0) is 0 Å². The SMILES string of the molecule is Cc1cc(NCCC2=CCNCC2)ncc1Br. The Morgan fingerprint density at radius 1 is 1.53 bits per heavy atom. The molecule has 0 radical (unpaired) electrons. The summed E-state index contributed by atoms with van der Waals surface area (Å²) in [6.07, 6.45) is 6.43. The van der Waals surface area contributed by atoms with E-state index in [0.717, 1.165) is 36.3 Å². The van der Waals surface area contributed by atoms with Gasteiger partial charge in [-0.2, -0.15) is 0 Å². The van der Waals surface area contributed by atoms with E-state index in [1.165, 1.54) is 12.0 Å². The molecule has 0 aliphatic carbocycles. The third kappa shape index (κ3) is 3.82. The third-order valence-electron chi connectivity index (χ3n) is 2.96. The lowest BCUT2D eigenvalue weighted by atomic mass is 10.1. The Morgan fingerprint density at radius 3 is 3.12 bits per heavy atom. The molecule has 0 fully saturated rings. The van der Waals surface area contributed by atoms with Crippen LogP contribution in [0, 0.1) is 6.92 Å². The molecular formula is C13H18BrN3. The highest BCUT2D eigenvalue weighted by atomic mass is 79.9. The van der Waals surface area contributed by atoms with Gasteiger partial charge in [0.15, 0.2) is 0 Å². The lowest BCUT2D eigenvalue weighted by molar-refractivity contribution is 0.683. The van der Waals surface area contributed by atoms with Crippen LogP contribution >= 0.6 is 15.9 Å². The van der Waals surface area contributed by atoms with Crippen molar-refractivity contribution in [3.63, 3.8) is 0 Å². The fourth-order valence-electron chi connectivity index (χ4n) is 1.88. The monoisotopic (exact) mass is 295 g/mol. The second-order valence-electron chi connectivity index (χ2n) is 4.31. The highest BCUT2D eigenvalue weighted by molar-refractivity contribution is 9.10. The number of anilines is 1. The number of rotatable bonds is 4. The molecule has 2 N–H and O–H groups in total. The van der Waals surface area contributed by atoms with E-state index in [-0.39, 0.29) is 0 Å². The zero-order valence-corrected chi connectivity index (χ0v) is 11.7. The number of aromatic nitrogens is 1. The maximum Gasteiger partial charge on any atom is 0.126 e. The minimum absolute atomic E-state index is 0.958. The average Bonchev–Trinajstić information content (AvgIpc) is 2.35. The minimum atomic E-state index is 0.958. The molecular weight excluding hydrogens is 278 g/mol. The summed E-state index contributed by atoms with van der Waals surface area (Å²) in [5, 5.41) is 6.69. The van der Waals surface area contributed by atoms with Crippen LogP contribution in [0.1, 0.15) is 18.4 Å². The third-order valence-corrected chi connectivity index (χ3v) is 3.79. The predicted octanol–water partition coefficient (Wildman–Crippen LogP) is 2.87. The smallest absolute Gasteiger partial charge is 0.126 e. The predicted molar refractivity (Wildman–Crippen MR) is 75.4 cm³/mol. The van der Waals surface area contributed by atoms with Crippen molar-refractivity contribution < 1.29 is 0 Å². The standard InChI is InChI=1S/C13H18BrN3/c1-10-8-13(17-9-12(10)14)16-7-4-11-2-5-15-6-3-11/h2,8-9,15H,3-7H2,1H3,(H,16,17). The maximum absolute atomic E-state index is 4.33. The Bertz CT molecular complexity index is 415. The molecule has 1 aromatic rings. The Hall–Kier alpha value is -0.870. The van der Waals surface area contributed by atoms with Crippen LogP contribution in [0.3, 0.4) is 0 Å². The summed E-state index contributed by atoms with van der Waals surface area (Å²) in [7, 11) is 0. The number of pyridine rings is 1. The molecule has 2 heterocycles. The van der Waals surface area contributed by atoms with Gasteiger partial charge in [0.2, 0.25) is 0 Å². The molecule has 1 aromatic heterocycles. The molecule has 0 amide bonds. The van der Waals surface area contributed by atoms with E-state index in [1.807, 2.05) is 6.20 Å². The van der Waals surface area contributed by atoms with Crippen molar-refractivity contribution in [2.75, 3.05) is 25.0 Å². The van der Waals surface area contributed by atoms with Crippen LogP contribution in [0.25, 0.3) is 0 Å². The van der Waals surface area contributed by atoms with E-state index in [0.29, 0.717) is 0 Å². The van der Waals surface area contributed by atoms with Crippen molar-refractivity contribution in [2.24, 2.45) is 0 Å². The van der Waals surface area contributed by atoms with Crippen LogP contribution in [-0.4, -0.2) is 24.6 Å². The summed E-state index contributed by atoms with van der Waals surface area (Å²) in [6.45, 7) is 5.17. The molecule has 0 atom stereocenters. The van der Waals surface area contributed by atoms with E-state index in [4.69, 9.17) is 0 Å². The van der Waals surface area contributed by atoms with Crippen molar-refractivity contribution in [3.05, 3.63) is 33.9 Å². The fraction of sp³-hybridized carbons (Fsp3) is 0.462. The summed E-state index contributed by atoms with van der Waals surface area (Å²) >= 11 is 3.45. The van der Waals surface area contributed by atoms with Crippen LogP contribution in [0.4, 0.5) is 5.82 Å². The molecule has 1 aliphatic heterocycles. The number of hydrogen-bond acceptors (Lipinski definition) is 3. The first kappa shape index (κ1) is 12.6. The van der Waals surface area contributed by atoms with Gasteiger partial charge in [0.25, 0.3) is 0 Å². The van der Waals surface area contributed by atoms with Gasteiger partial charge in [-0.1, -0.05) is 11.6 Å². The van der Waals surface area contributed by atoms with Gasteiger partial charge in [0.1, 0.15) is 5.82 Å². The van der Waals surface area contributed by atoms with Gasteiger partial charge in [-0.05, 0) is 53.9 Å². The van der Waals surface area contributed by atoms with Crippen molar-refractivity contribution in [1.29, 1.82) is 0 Å². The van der Waals surface area contributed by atoms with Gasteiger partial charge < -0.3 is 10.6 Å². The molecule has 0 aromatic carbocycles. The van der Waals surface area contributed by atoms with Crippen LogP contribution in [0.5, 0.6) is 0 Å². The first-order valence-corrected chi connectivity index (χ1v) is 6.79. The second kappa shape index (κ2) is 6.17. The Balaban J connectivity index is 1.81. The first-order chi connectivity index (χ1) is 8.25. The summed E-state index contributed by atoms with van der Waals surface area (Å²) in [5.41, 5.74) is 2.76. The van der Waals surface area contributed by atoms with E-state index in [1.54, 1.807) is 5.57 Å². The van der Waals surface area contributed by atoms with Gasteiger partial charge in [0.05, 0.1) is 0 Å². The summed E-state index contributed by atoms with van der Waals surface area (Å²) in [5.74, 6) is 0.959. The van der Waals surface area contributed by atoms with E-state index in [2.05, 4.69) is 50.6 Å². The molecule has 92 valence electrons. The lowest BCUT2D eigenvalue weighted by Crippen LogP contribution is -2.21. The molecule has 0 saturated heterocycles. The minimum Gasteiger partial charge on any atom is -0.370 e. The van der Waals surface area contributed by atoms with Crippen molar-refractivity contribution in [3.8, 4) is 0 Å². The molecule has 0 spiro atoms. The maximum atomic E-state index is 4.33. The largest absolute Gasteiger partial charge is 0.370 e. The highest BCUT2D eigenvalue weighted by Gasteiger charge is 2.03. The molecule has 0 bridgehead atoms. The second-order valence-corrected chi connectivity index (χ2v) is 5.17. The summed E-state index contributed by atoms with van der Waals surface area (Å²) < 4.78 is 1.06. The fourth-order valence-corrected chi connectivity index (χ4v) is 2.10. The number of halogens is 1. The lowest BCUT2D eigenvalue weighted by Gasteiger charge is -2.14. The molecule has 17 heavy (non-hydrogen) atoms. The molecule has 2 rings (SSSR count). The topological polar surface area (TPSA) is 37.0 Å². The zero-order chi connectivity index (χ0) is 12.1. The van der Waals surface area contributed by atoms with Gasteiger partial charge >= 0.3 is 0 Å². The van der Waals surface area contributed by atoms with Crippen LogP contribution in [0.15, 0.2) is 28.4 Å². The number of nitrogens with one attached hydrogen (secondary N) is 2. The molecule has 3 nitrogen and oxygen atoms in total. The Labute approximate surface area is 111 Å². The van der Waals surface area contributed by atoms with Gasteiger partial charge in [0, 0.05) is 23.8 Å². The van der Waals surface area contributed by atoms with Gasteiger partial charge in [-0.25, -0.2) is 4.98 Å². The number of hydrogen-bond donors (Lipinski definition) is 2.